The molecular formula is C15H10O3S. The third-order valence-corrected chi connectivity index (χ3v) is 4.19. The van der Waals surface area contributed by atoms with E-state index in [-0.39, 0.29) is 11.0 Å². The molecule has 0 aliphatic heterocycles. The Balaban J connectivity index is 2.46. The van der Waals surface area contributed by atoms with Gasteiger partial charge in [-0.25, -0.2) is 4.79 Å². The molecule has 0 fully saturated rings. The maximum atomic E-state index is 12.3. The van der Waals surface area contributed by atoms with Crippen LogP contribution in [0.15, 0.2) is 41.2 Å². The molecule has 0 bridgehead atoms. The summed E-state index contributed by atoms with van der Waals surface area (Å²) in [6.07, 6.45) is 0. The van der Waals surface area contributed by atoms with Crippen molar-refractivity contribution in [1.29, 1.82) is 0 Å². The van der Waals surface area contributed by atoms with Crippen molar-refractivity contribution >= 4 is 37.5 Å². The number of hydrogen-bond donors (Lipinski definition) is 1. The summed E-state index contributed by atoms with van der Waals surface area (Å²) in [5, 5.41) is 10.3. The van der Waals surface area contributed by atoms with Crippen LogP contribution in [-0.2, 0) is 0 Å². The van der Waals surface area contributed by atoms with Gasteiger partial charge in [0.05, 0.1) is 5.56 Å². The second-order valence-corrected chi connectivity index (χ2v) is 5.53. The molecule has 0 radical (unpaired) electrons. The van der Waals surface area contributed by atoms with E-state index in [0.29, 0.717) is 15.5 Å². The normalized spacial score (nSPS) is 11.0. The SMILES string of the molecule is Cc1ccc2c(=O)c3ccc(C(=O)O)cc3sc2c1. The molecule has 3 aromatic rings. The lowest BCUT2D eigenvalue weighted by Crippen LogP contribution is -2.02. The van der Waals surface area contributed by atoms with E-state index >= 15 is 0 Å². The van der Waals surface area contributed by atoms with Crippen molar-refractivity contribution < 1.29 is 9.90 Å². The van der Waals surface area contributed by atoms with Crippen LogP contribution < -0.4 is 5.43 Å². The van der Waals surface area contributed by atoms with Crippen LogP contribution in [0, 0.1) is 6.92 Å². The molecule has 1 N–H and O–H groups in total. The van der Waals surface area contributed by atoms with Crippen molar-refractivity contribution in [1.82, 2.24) is 0 Å². The number of aryl methyl sites for hydroxylation is 1. The summed E-state index contributed by atoms with van der Waals surface area (Å²) >= 11 is 1.45. The molecular weight excluding hydrogens is 260 g/mol. The largest absolute Gasteiger partial charge is 0.478 e. The molecule has 1 aromatic heterocycles. The highest BCUT2D eigenvalue weighted by Gasteiger charge is 2.09. The minimum absolute atomic E-state index is 0.0410. The Hall–Kier alpha value is -2.20. The Morgan fingerprint density at radius 3 is 2.37 bits per heavy atom. The monoisotopic (exact) mass is 270 g/mol. The van der Waals surface area contributed by atoms with Crippen molar-refractivity contribution in [3.63, 3.8) is 0 Å². The predicted octanol–water partition coefficient (Wildman–Crippen LogP) is 3.42. The van der Waals surface area contributed by atoms with E-state index in [9.17, 15) is 9.59 Å². The average Bonchev–Trinajstić information content (AvgIpc) is 2.37. The zero-order chi connectivity index (χ0) is 13.6. The zero-order valence-corrected chi connectivity index (χ0v) is 11.0. The van der Waals surface area contributed by atoms with Crippen LogP contribution in [0.3, 0.4) is 0 Å². The summed E-state index contributed by atoms with van der Waals surface area (Å²) in [5.74, 6) is -0.981. The van der Waals surface area contributed by atoms with Crippen molar-refractivity contribution in [3.05, 3.63) is 57.7 Å². The van der Waals surface area contributed by atoms with Gasteiger partial charge in [0.1, 0.15) is 0 Å². The van der Waals surface area contributed by atoms with E-state index in [1.165, 1.54) is 17.4 Å². The van der Waals surface area contributed by atoms with Gasteiger partial charge < -0.3 is 5.11 Å². The second-order valence-electron chi connectivity index (χ2n) is 4.45. The Kier molecular flexibility index (Phi) is 2.61. The van der Waals surface area contributed by atoms with E-state index in [4.69, 9.17) is 5.11 Å². The fraction of sp³-hybridized carbons (Fsp3) is 0.0667. The number of carboxylic acid groups (broad SMARTS) is 1. The molecule has 19 heavy (non-hydrogen) atoms. The molecule has 0 amide bonds. The van der Waals surface area contributed by atoms with Gasteiger partial charge in [-0.15, -0.1) is 11.3 Å². The fourth-order valence-corrected chi connectivity index (χ4v) is 3.30. The smallest absolute Gasteiger partial charge is 0.335 e. The lowest BCUT2D eigenvalue weighted by Gasteiger charge is -2.03. The molecule has 3 nitrogen and oxygen atoms in total. The lowest BCUT2D eigenvalue weighted by atomic mass is 10.1. The molecule has 0 unspecified atom stereocenters. The maximum absolute atomic E-state index is 12.3. The average molecular weight is 270 g/mol. The van der Waals surface area contributed by atoms with E-state index in [1.54, 1.807) is 12.1 Å². The Labute approximate surface area is 112 Å². The molecule has 0 aliphatic carbocycles. The topological polar surface area (TPSA) is 54.4 Å². The zero-order valence-electron chi connectivity index (χ0n) is 10.1. The van der Waals surface area contributed by atoms with Crippen molar-refractivity contribution in [3.8, 4) is 0 Å². The van der Waals surface area contributed by atoms with E-state index in [0.717, 1.165) is 10.3 Å². The van der Waals surface area contributed by atoms with Gasteiger partial charge in [-0.3, -0.25) is 4.79 Å². The Morgan fingerprint density at radius 1 is 1.05 bits per heavy atom. The first kappa shape index (κ1) is 11.9. The summed E-state index contributed by atoms with van der Waals surface area (Å²) in [5.41, 5.74) is 1.24. The van der Waals surface area contributed by atoms with Gasteiger partial charge in [-0.2, -0.15) is 0 Å². The van der Waals surface area contributed by atoms with Crippen LogP contribution in [0.25, 0.3) is 20.2 Å². The number of carbonyl (C=O) groups is 1. The van der Waals surface area contributed by atoms with Crippen LogP contribution in [0.2, 0.25) is 0 Å². The van der Waals surface area contributed by atoms with Gasteiger partial charge in [0.2, 0.25) is 0 Å². The number of carboxylic acids is 1. The molecule has 0 saturated carbocycles. The highest BCUT2D eigenvalue weighted by molar-refractivity contribution is 7.24. The number of fused-ring (bicyclic) bond motifs is 2. The Bertz CT molecular complexity index is 878. The third-order valence-electron chi connectivity index (χ3n) is 3.07. The summed E-state index contributed by atoms with van der Waals surface area (Å²) in [4.78, 5) is 23.3. The molecule has 0 saturated heterocycles. The number of aromatic carboxylic acids is 1. The standard InChI is InChI=1S/C15H10O3S/c1-8-2-4-10-12(6-8)19-13-7-9(15(17)18)3-5-11(13)14(10)16/h2-7H,1H3,(H,17,18). The van der Waals surface area contributed by atoms with Crippen LogP contribution in [0.4, 0.5) is 0 Å². The van der Waals surface area contributed by atoms with Crippen LogP contribution >= 0.6 is 11.3 Å². The quantitative estimate of drug-likeness (QED) is 0.689. The number of rotatable bonds is 1. The first-order chi connectivity index (χ1) is 9.06. The van der Waals surface area contributed by atoms with Crippen molar-refractivity contribution in [2.45, 2.75) is 6.92 Å². The number of hydrogen-bond acceptors (Lipinski definition) is 3. The van der Waals surface area contributed by atoms with Crippen molar-refractivity contribution in [2.75, 3.05) is 0 Å². The van der Waals surface area contributed by atoms with E-state index in [1.807, 2.05) is 25.1 Å². The van der Waals surface area contributed by atoms with Crippen LogP contribution in [0.1, 0.15) is 15.9 Å². The first-order valence-corrected chi connectivity index (χ1v) is 6.58. The van der Waals surface area contributed by atoms with E-state index in [2.05, 4.69) is 0 Å². The summed E-state index contributed by atoms with van der Waals surface area (Å²) in [7, 11) is 0. The molecule has 94 valence electrons. The molecule has 0 atom stereocenters. The fourth-order valence-electron chi connectivity index (χ4n) is 2.09. The molecule has 1 heterocycles. The van der Waals surface area contributed by atoms with Gasteiger partial charge in [0.15, 0.2) is 5.43 Å². The maximum Gasteiger partial charge on any atom is 0.335 e. The summed E-state index contributed by atoms with van der Waals surface area (Å²) in [6, 6.07) is 10.3. The molecule has 0 spiro atoms. The minimum Gasteiger partial charge on any atom is -0.478 e. The predicted molar refractivity (Wildman–Crippen MR) is 77.3 cm³/mol. The number of benzene rings is 2. The molecule has 2 aromatic carbocycles. The summed E-state index contributed by atoms with van der Waals surface area (Å²) in [6.45, 7) is 1.97. The van der Waals surface area contributed by atoms with Gasteiger partial charge in [-0.05, 0) is 42.8 Å². The van der Waals surface area contributed by atoms with Gasteiger partial charge in [-0.1, -0.05) is 6.07 Å². The van der Waals surface area contributed by atoms with Crippen molar-refractivity contribution in [2.24, 2.45) is 0 Å². The molecule has 4 heteroatoms. The Morgan fingerprint density at radius 2 is 1.68 bits per heavy atom. The van der Waals surface area contributed by atoms with E-state index < -0.39 is 5.97 Å². The van der Waals surface area contributed by atoms with Crippen LogP contribution in [0.5, 0.6) is 0 Å². The molecule has 0 aliphatic rings. The third kappa shape index (κ3) is 1.90. The highest BCUT2D eigenvalue weighted by atomic mass is 32.1. The van der Waals surface area contributed by atoms with Crippen LogP contribution in [-0.4, -0.2) is 11.1 Å². The lowest BCUT2D eigenvalue weighted by molar-refractivity contribution is 0.0697. The summed E-state index contributed by atoms with van der Waals surface area (Å²) < 4.78 is 1.60. The minimum atomic E-state index is -0.981. The highest BCUT2D eigenvalue weighted by Crippen LogP contribution is 2.26. The van der Waals surface area contributed by atoms with Gasteiger partial charge in [0.25, 0.3) is 0 Å². The first-order valence-electron chi connectivity index (χ1n) is 5.77. The van der Waals surface area contributed by atoms with Gasteiger partial charge in [0, 0.05) is 20.2 Å². The molecule has 3 rings (SSSR count). The van der Waals surface area contributed by atoms with Gasteiger partial charge >= 0.3 is 5.97 Å². The second kappa shape index (κ2) is 4.17.